The molecule has 2 aliphatic heterocycles. The van der Waals surface area contributed by atoms with Gasteiger partial charge in [-0.05, 0) is 56.9 Å². The van der Waals surface area contributed by atoms with Crippen LogP contribution in [0.5, 0.6) is 0 Å². The smallest absolute Gasteiger partial charge is 0.0931 e. The van der Waals surface area contributed by atoms with E-state index in [2.05, 4.69) is 9.80 Å². The summed E-state index contributed by atoms with van der Waals surface area (Å²) in [5, 5.41) is 11.6. The number of hydrogen-bond donors (Lipinski definition) is 1. The van der Waals surface area contributed by atoms with Crippen molar-refractivity contribution in [1.29, 1.82) is 0 Å². The van der Waals surface area contributed by atoms with E-state index in [9.17, 15) is 5.11 Å². The number of benzene rings is 1. The molecule has 0 radical (unpaired) electrons. The highest BCUT2D eigenvalue weighted by Gasteiger charge is 2.27. The number of hydrogen-bond acceptors (Lipinski definition) is 3. The number of nitrogens with zero attached hydrogens (tertiary/aromatic N) is 2. The van der Waals surface area contributed by atoms with Crippen LogP contribution in [0, 0.1) is 5.92 Å². The summed E-state index contributed by atoms with van der Waals surface area (Å²) in [6, 6.07) is 5.31. The van der Waals surface area contributed by atoms with E-state index in [4.69, 9.17) is 23.2 Å². The monoisotopic (exact) mass is 342 g/mol. The van der Waals surface area contributed by atoms with Crippen molar-refractivity contribution in [2.24, 2.45) is 5.92 Å². The molecule has 1 aromatic carbocycles. The van der Waals surface area contributed by atoms with Gasteiger partial charge in [-0.2, -0.15) is 0 Å². The summed E-state index contributed by atoms with van der Waals surface area (Å²) >= 11 is 12.1. The van der Waals surface area contributed by atoms with Crippen LogP contribution >= 0.6 is 23.2 Å². The van der Waals surface area contributed by atoms with E-state index in [0.29, 0.717) is 16.6 Å². The van der Waals surface area contributed by atoms with E-state index in [1.165, 1.54) is 38.9 Å². The summed E-state index contributed by atoms with van der Waals surface area (Å²) in [6.45, 7) is 6.55. The van der Waals surface area contributed by atoms with Gasteiger partial charge < -0.3 is 14.9 Å². The molecule has 0 bridgehead atoms. The molecule has 1 aromatic rings. The van der Waals surface area contributed by atoms with Gasteiger partial charge in [0.2, 0.25) is 0 Å². The Hall–Kier alpha value is -0.320. The Morgan fingerprint density at radius 2 is 1.91 bits per heavy atom. The minimum atomic E-state index is -0.546. The number of halogens is 2. The maximum Gasteiger partial charge on any atom is 0.0931 e. The van der Waals surface area contributed by atoms with Crippen LogP contribution < -0.4 is 0 Å². The van der Waals surface area contributed by atoms with Gasteiger partial charge in [-0.15, -0.1) is 0 Å². The zero-order chi connectivity index (χ0) is 15.5. The van der Waals surface area contributed by atoms with Gasteiger partial charge in [0, 0.05) is 35.2 Å². The number of likely N-dealkylation sites (tertiary alicyclic amines) is 2. The first-order chi connectivity index (χ1) is 10.6. The molecule has 0 spiro atoms. The van der Waals surface area contributed by atoms with Crippen molar-refractivity contribution < 1.29 is 5.11 Å². The molecule has 0 aliphatic carbocycles. The Morgan fingerprint density at radius 1 is 1.14 bits per heavy atom. The van der Waals surface area contributed by atoms with Crippen LogP contribution in [0.25, 0.3) is 0 Å². The van der Waals surface area contributed by atoms with Crippen LogP contribution in [0.3, 0.4) is 0 Å². The number of rotatable bonds is 5. The minimum absolute atomic E-state index is 0.546. The summed E-state index contributed by atoms with van der Waals surface area (Å²) in [4.78, 5) is 4.94. The van der Waals surface area contributed by atoms with Crippen molar-refractivity contribution in [3.63, 3.8) is 0 Å². The Kier molecular flexibility index (Phi) is 5.64. The molecule has 2 saturated heterocycles. The topological polar surface area (TPSA) is 26.7 Å². The van der Waals surface area contributed by atoms with Crippen LogP contribution in [0.1, 0.15) is 30.9 Å². The van der Waals surface area contributed by atoms with Crippen LogP contribution in [-0.2, 0) is 0 Å². The zero-order valence-corrected chi connectivity index (χ0v) is 14.4. The van der Waals surface area contributed by atoms with Crippen molar-refractivity contribution in [2.45, 2.75) is 25.4 Å². The van der Waals surface area contributed by atoms with Crippen LogP contribution in [0.4, 0.5) is 0 Å². The molecule has 1 N–H and O–H groups in total. The molecular formula is C17H24Cl2N2O. The van der Waals surface area contributed by atoms with Gasteiger partial charge in [0.15, 0.2) is 0 Å². The second kappa shape index (κ2) is 7.50. The van der Waals surface area contributed by atoms with Gasteiger partial charge in [-0.25, -0.2) is 0 Å². The lowest BCUT2D eigenvalue weighted by molar-refractivity contribution is 0.123. The van der Waals surface area contributed by atoms with Gasteiger partial charge in [0.05, 0.1) is 6.10 Å². The van der Waals surface area contributed by atoms with Crippen LogP contribution in [0.15, 0.2) is 18.2 Å². The van der Waals surface area contributed by atoms with E-state index in [1.807, 2.05) is 6.07 Å². The third kappa shape index (κ3) is 4.15. The fraction of sp³-hybridized carbons (Fsp3) is 0.647. The number of aliphatic hydroxyl groups excluding tert-OH is 1. The fourth-order valence-electron chi connectivity index (χ4n) is 3.67. The highest BCUT2D eigenvalue weighted by Crippen LogP contribution is 2.28. The van der Waals surface area contributed by atoms with E-state index in [1.54, 1.807) is 12.1 Å². The van der Waals surface area contributed by atoms with Crippen LogP contribution in [0.2, 0.25) is 10.0 Å². The molecule has 2 aliphatic rings. The first-order valence-corrected chi connectivity index (χ1v) is 8.95. The standard InChI is InChI=1S/C17H24Cl2N2O/c18-14-3-4-15(16(19)9-14)17(22)12-21-8-5-13(11-21)10-20-6-1-2-7-20/h3-4,9,13,17,22H,1-2,5-8,10-12H2. The molecule has 0 aromatic heterocycles. The third-order valence-corrected chi connectivity index (χ3v) is 5.40. The summed E-state index contributed by atoms with van der Waals surface area (Å²) in [5.74, 6) is 0.742. The molecule has 0 amide bonds. The predicted octanol–water partition coefficient (Wildman–Crippen LogP) is 3.44. The maximum absolute atomic E-state index is 10.4. The van der Waals surface area contributed by atoms with E-state index >= 15 is 0 Å². The summed E-state index contributed by atoms with van der Waals surface area (Å²) in [5.41, 5.74) is 0.772. The van der Waals surface area contributed by atoms with Crippen molar-refractivity contribution >= 4 is 23.2 Å². The van der Waals surface area contributed by atoms with E-state index in [0.717, 1.165) is 24.6 Å². The Balaban J connectivity index is 1.50. The molecule has 5 heteroatoms. The second-order valence-corrected chi connectivity index (χ2v) is 7.45. The number of aliphatic hydroxyl groups is 1. The van der Waals surface area contributed by atoms with Gasteiger partial charge in [-0.3, -0.25) is 0 Å². The molecular weight excluding hydrogens is 319 g/mol. The average molecular weight is 343 g/mol. The Bertz CT molecular complexity index is 505. The van der Waals surface area contributed by atoms with Gasteiger partial charge in [-0.1, -0.05) is 29.3 Å². The quantitative estimate of drug-likeness (QED) is 0.887. The van der Waals surface area contributed by atoms with Gasteiger partial charge in [0.1, 0.15) is 0 Å². The lowest BCUT2D eigenvalue weighted by atomic mass is 10.1. The molecule has 22 heavy (non-hydrogen) atoms. The molecule has 122 valence electrons. The molecule has 2 unspecified atom stereocenters. The Morgan fingerprint density at radius 3 is 2.64 bits per heavy atom. The Labute approximate surface area is 142 Å². The number of β-amino-alcohol motifs (C(OH)–C–C–N with tert-alkyl or cyclic N) is 1. The largest absolute Gasteiger partial charge is 0.387 e. The highest BCUT2D eigenvalue weighted by molar-refractivity contribution is 6.35. The fourth-order valence-corrected chi connectivity index (χ4v) is 4.21. The van der Waals surface area contributed by atoms with Crippen molar-refractivity contribution in [3.8, 4) is 0 Å². The van der Waals surface area contributed by atoms with Crippen molar-refractivity contribution in [2.75, 3.05) is 39.3 Å². The highest BCUT2D eigenvalue weighted by atomic mass is 35.5. The molecule has 2 heterocycles. The molecule has 0 saturated carbocycles. The first kappa shape index (κ1) is 16.5. The van der Waals surface area contributed by atoms with Crippen molar-refractivity contribution in [3.05, 3.63) is 33.8 Å². The summed E-state index contributed by atoms with van der Waals surface area (Å²) in [7, 11) is 0. The van der Waals surface area contributed by atoms with Gasteiger partial charge >= 0.3 is 0 Å². The van der Waals surface area contributed by atoms with Crippen molar-refractivity contribution in [1.82, 2.24) is 9.80 Å². The molecule has 2 fully saturated rings. The zero-order valence-electron chi connectivity index (χ0n) is 12.8. The van der Waals surface area contributed by atoms with Gasteiger partial charge in [0.25, 0.3) is 0 Å². The molecule has 3 nitrogen and oxygen atoms in total. The maximum atomic E-state index is 10.4. The average Bonchev–Trinajstić information content (AvgIpc) is 3.11. The lowest BCUT2D eigenvalue weighted by Crippen LogP contribution is -2.30. The van der Waals surface area contributed by atoms with Crippen LogP contribution in [-0.4, -0.2) is 54.2 Å². The summed E-state index contributed by atoms with van der Waals surface area (Å²) in [6.07, 6.45) is 3.39. The van der Waals surface area contributed by atoms with E-state index in [-0.39, 0.29) is 0 Å². The third-order valence-electron chi connectivity index (χ3n) is 4.84. The minimum Gasteiger partial charge on any atom is -0.387 e. The molecule has 2 atom stereocenters. The predicted molar refractivity (Wildman–Crippen MR) is 91.6 cm³/mol. The lowest BCUT2D eigenvalue weighted by Gasteiger charge is -2.23. The first-order valence-electron chi connectivity index (χ1n) is 8.19. The normalized spacial score (nSPS) is 25.0. The summed E-state index contributed by atoms with van der Waals surface area (Å²) < 4.78 is 0. The second-order valence-electron chi connectivity index (χ2n) is 6.60. The SMILES string of the molecule is OC(CN1CCC(CN2CCCC2)C1)c1ccc(Cl)cc1Cl. The van der Waals surface area contributed by atoms with E-state index < -0.39 is 6.10 Å². The molecule has 3 rings (SSSR count).